The van der Waals surface area contributed by atoms with Crippen molar-refractivity contribution in [2.24, 2.45) is 0 Å². The largest absolute Gasteiger partial charge is 0.366 e. The highest BCUT2D eigenvalue weighted by molar-refractivity contribution is 9.10. The molecule has 7 heteroatoms. The van der Waals surface area contributed by atoms with Gasteiger partial charge in [-0.15, -0.1) is 0 Å². The second kappa shape index (κ2) is 8.45. The van der Waals surface area contributed by atoms with Crippen LogP contribution in [0.2, 0.25) is 0 Å². The summed E-state index contributed by atoms with van der Waals surface area (Å²) in [6.07, 6.45) is 2.62. The molecule has 4 amide bonds. The molecule has 4 rings (SSSR count). The molecular formula is C26H28BrN3O3. The highest BCUT2D eigenvalue weighted by atomic mass is 79.9. The van der Waals surface area contributed by atoms with Crippen molar-refractivity contribution in [2.45, 2.75) is 52.5 Å². The minimum Gasteiger partial charge on any atom is -0.366 e. The fourth-order valence-corrected chi connectivity index (χ4v) is 5.31. The van der Waals surface area contributed by atoms with Crippen molar-refractivity contribution < 1.29 is 14.4 Å². The number of anilines is 2. The molecule has 0 bridgehead atoms. The summed E-state index contributed by atoms with van der Waals surface area (Å²) >= 11 is 3.35. The lowest BCUT2D eigenvalue weighted by Crippen LogP contribution is -2.54. The Kier molecular flexibility index (Phi) is 5.95. The Hall–Kier alpha value is -2.93. The normalized spacial score (nSPS) is 21.3. The van der Waals surface area contributed by atoms with E-state index in [9.17, 15) is 14.4 Å². The molecule has 33 heavy (non-hydrogen) atoms. The van der Waals surface area contributed by atoms with E-state index in [4.69, 9.17) is 0 Å². The number of barbiturate groups is 1. The fraction of sp³-hybridized carbons (Fsp3) is 0.346. The zero-order valence-corrected chi connectivity index (χ0v) is 21.1. The third-order valence-corrected chi connectivity index (χ3v) is 7.10. The lowest BCUT2D eigenvalue weighted by molar-refractivity contribution is -0.122. The zero-order chi connectivity index (χ0) is 24.1. The van der Waals surface area contributed by atoms with Gasteiger partial charge in [0.1, 0.15) is 5.57 Å². The Balaban J connectivity index is 1.77. The summed E-state index contributed by atoms with van der Waals surface area (Å²) in [6, 6.07) is 10.3. The zero-order valence-electron chi connectivity index (χ0n) is 19.5. The minimum atomic E-state index is -0.749. The topological polar surface area (TPSA) is 69.7 Å². The van der Waals surface area contributed by atoms with Crippen molar-refractivity contribution in [3.63, 3.8) is 0 Å². The molecule has 0 spiro atoms. The SMILES string of the molecule is CCN1c2cc(C)c(/C=C3\C(=O)NC(=O)N(c4ccc(Br)cc4)C3=O)cc2[C@H](C)CC1(C)C. The molecule has 0 saturated carbocycles. The van der Waals surface area contributed by atoms with Crippen molar-refractivity contribution in [3.05, 3.63) is 63.1 Å². The monoisotopic (exact) mass is 509 g/mol. The van der Waals surface area contributed by atoms with E-state index in [0.717, 1.165) is 33.5 Å². The Morgan fingerprint density at radius 2 is 1.82 bits per heavy atom. The highest BCUT2D eigenvalue weighted by Crippen LogP contribution is 2.44. The molecule has 0 aromatic heterocycles. The van der Waals surface area contributed by atoms with Crippen LogP contribution in [0, 0.1) is 6.92 Å². The van der Waals surface area contributed by atoms with Gasteiger partial charge in [-0.1, -0.05) is 22.9 Å². The summed E-state index contributed by atoms with van der Waals surface area (Å²) in [6.45, 7) is 11.8. The van der Waals surface area contributed by atoms with E-state index in [1.54, 1.807) is 30.3 Å². The average Bonchev–Trinajstić information content (AvgIpc) is 2.72. The van der Waals surface area contributed by atoms with Crippen molar-refractivity contribution >= 4 is 51.2 Å². The van der Waals surface area contributed by atoms with Crippen LogP contribution < -0.4 is 15.1 Å². The fourth-order valence-electron chi connectivity index (χ4n) is 5.04. The molecule has 0 radical (unpaired) electrons. The Morgan fingerprint density at radius 1 is 1.15 bits per heavy atom. The van der Waals surface area contributed by atoms with Gasteiger partial charge in [0.15, 0.2) is 0 Å². The number of hydrogen-bond acceptors (Lipinski definition) is 4. The van der Waals surface area contributed by atoms with Crippen molar-refractivity contribution in [1.29, 1.82) is 0 Å². The highest BCUT2D eigenvalue weighted by Gasteiger charge is 2.38. The summed E-state index contributed by atoms with van der Waals surface area (Å²) in [5.41, 5.74) is 4.58. The number of urea groups is 1. The second-order valence-electron chi connectivity index (χ2n) is 9.36. The first-order valence-corrected chi connectivity index (χ1v) is 11.9. The minimum absolute atomic E-state index is 0.0539. The van der Waals surface area contributed by atoms with Crippen LogP contribution in [0.5, 0.6) is 0 Å². The molecule has 2 aliphatic rings. The predicted octanol–water partition coefficient (Wildman–Crippen LogP) is 5.54. The standard InChI is InChI=1S/C26H28BrN3O3/c1-6-29-22-11-15(2)17(12-20(22)16(3)14-26(29,4)5)13-21-23(31)28-25(33)30(24(21)32)19-9-7-18(27)8-10-19/h7-13,16H,6,14H2,1-5H3,(H,28,31,33)/b21-13+/t16-/m1/s1. The summed E-state index contributed by atoms with van der Waals surface area (Å²) in [5, 5.41) is 2.30. The third kappa shape index (κ3) is 4.10. The van der Waals surface area contributed by atoms with Gasteiger partial charge in [-0.2, -0.15) is 0 Å². The van der Waals surface area contributed by atoms with Gasteiger partial charge in [-0.25, -0.2) is 9.69 Å². The molecule has 2 aromatic carbocycles. The number of amides is 4. The Labute approximate surface area is 202 Å². The number of aryl methyl sites for hydroxylation is 1. The maximum absolute atomic E-state index is 13.2. The summed E-state index contributed by atoms with van der Waals surface area (Å²) in [7, 11) is 0. The molecule has 1 saturated heterocycles. The number of nitrogens with one attached hydrogen (secondary N) is 1. The van der Waals surface area contributed by atoms with Gasteiger partial charge in [-0.3, -0.25) is 14.9 Å². The third-order valence-electron chi connectivity index (χ3n) is 6.58. The molecule has 2 aromatic rings. The van der Waals surface area contributed by atoms with Crippen molar-refractivity contribution in [2.75, 3.05) is 16.3 Å². The van der Waals surface area contributed by atoms with E-state index in [0.29, 0.717) is 11.6 Å². The number of rotatable bonds is 3. The van der Waals surface area contributed by atoms with Gasteiger partial charge < -0.3 is 4.90 Å². The van der Waals surface area contributed by atoms with Crippen LogP contribution in [-0.2, 0) is 9.59 Å². The van der Waals surface area contributed by atoms with Gasteiger partial charge in [0, 0.05) is 22.2 Å². The van der Waals surface area contributed by atoms with Crippen molar-refractivity contribution in [3.8, 4) is 0 Å². The number of carbonyl (C=O) groups is 3. The van der Waals surface area contributed by atoms with Gasteiger partial charge in [-0.05, 0) is 99.2 Å². The van der Waals surface area contributed by atoms with Gasteiger partial charge in [0.25, 0.3) is 11.8 Å². The van der Waals surface area contributed by atoms with E-state index in [1.807, 2.05) is 6.92 Å². The second-order valence-corrected chi connectivity index (χ2v) is 10.3. The van der Waals surface area contributed by atoms with E-state index in [2.05, 4.69) is 66.0 Å². The quantitative estimate of drug-likeness (QED) is 0.435. The summed E-state index contributed by atoms with van der Waals surface area (Å²) in [4.78, 5) is 41.7. The Bertz CT molecular complexity index is 1180. The van der Waals surface area contributed by atoms with Crippen molar-refractivity contribution in [1.82, 2.24) is 5.32 Å². The molecule has 6 nitrogen and oxygen atoms in total. The average molecular weight is 510 g/mol. The molecular weight excluding hydrogens is 482 g/mol. The lowest BCUT2D eigenvalue weighted by atomic mass is 9.79. The number of halogens is 1. The molecule has 1 N–H and O–H groups in total. The van der Waals surface area contributed by atoms with Crippen LogP contribution in [0.3, 0.4) is 0 Å². The van der Waals surface area contributed by atoms with Crippen LogP contribution in [0.1, 0.15) is 56.7 Å². The summed E-state index contributed by atoms with van der Waals surface area (Å²) < 4.78 is 0.825. The first-order chi connectivity index (χ1) is 15.5. The molecule has 2 aliphatic heterocycles. The number of benzene rings is 2. The first kappa shape index (κ1) is 23.2. The number of imide groups is 2. The maximum atomic E-state index is 13.2. The molecule has 1 atom stereocenters. The van der Waals surface area contributed by atoms with Crippen LogP contribution >= 0.6 is 15.9 Å². The lowest BCUT2D eigenvalue weighted by Gasteiger charge is -2.47. The molecule has 1 fully saturated rings. The van der Waals surface area contributed by atoms with Crippen LogP contribution in [0.4, 0.5) is 16.2 Å². The molecule has 0 unspecified atom stereocenters. The smallest absolute Gasteiger partial charge is 0.335 e. The Morgan fingerprint density at radius 3 is 2.45 bits per heavy atom. The van der Waals surface area contributed by atoms with E-state index in [-0.39, 0.29) is 11.1 Å². The number of hydrogen-bond donors (Lipinski definition) is 1. The first-order valence-electron chi connectivity index (χ1n) is 11.1. The van der Waals surface area contributed by atoms with Crippen LogP contribution in [0.15, 0.2) is 46.4 Å². The van der Waals surface area contributed by atoms with Gasteiger partial charge in [0.2, 0.25) is 0 Å². The predicted molar refractivity (Wildman–Crippen MR) is 134 cm³/mol. The maximum Gasteiger partial charge on any atom is 0.335 e. The number of nitrogens with zero attached hydrogens (tertiary/aromatic N) is 2. The number of carbonyl (C=O) groups excluding carboxylic acids is 3. The molecule has 2 heterocycles. The van der Waals surface area contributed by atoms with E-state index < -0.39 is 17.8 Å². The van der Waals surface area contributed by atoms with Crippen LogP contribution in [0.25, 0.3) is 6.08 Å². The van der Waals surface area contributed by atoms with E-state index >= 15 is 0 Å². The van der Waals surface area contributed by atoms with Gasteiger partial charge in [0.05, 0.1) is 5.69 Å². The van der Waals surface area contributed by atoms with Gasteiger partial charge >= 0.3 is 6.03 Å². The molecule has 172 valence electrons. The van der Waals surface area contributed by atoms with E-state index in [1.165, 1.54) is 11.3 Å². The van der Waals surface area contributed by atoms with Crippen LogP contribution in [-0.4, -0.2) is 29.9 Å². The summed E-state index contributed by atoms with van der Waals surface area (Å²) in [5.74, 6) is -0.973. The molecule has 0 aliphatic carbocycles. The number of fused-ring (bicyclic) bond motifs is 1.